The molecule has 0 saturated carbocycles. The van der Waals surface area contributed by atoms with Crippen molar-refractivity contribution in [2.75, 3.05) is 47.0 Å². The van der Waals surface area contributed by atoms with E-state index in [1.165, 1.54) is 0 Å². The van der Waals surface area contributed by atoms with Crippen LogP contribution < -0.4 is 9.47 Å². The summed E-state index contributed by atoms with van der Waals surface area (Å²) in [7, 11) is 3.38. The van der Waals surface area contributed by atoms with Crippen LogP contribution in [0.1, 0.15) is 13.3 Å². The molecule has 2 aliphatic rings. The van der Waals surface area contributed by atoms with Gasteiger partial charge in [-0.2, -0.15) is 13.2 Å². The topological polar surface area (TPSA) is 88.5 Å². The molecule has 11 heteroatoms. The number of hydrogen-bond acceptors (Lipinski definition) is 6. The molecule has 180 valence electrons. The number of likely N-dealkylation sites (tertiary alicyclic amines) is 2. The maximum atomic E-state index is 12.8. The third kappa shape index (κ3) is 6.49. The fraction of sp³-hybridized carbons (Fsp3) is 0.619. The second-order valence-electron chi connectivity index (χ2n) is 7.48. The first kappa shape index (κ1) is 25.7. The van der Waals surface area contributed by atoms with Crippen LogP contribution in [0.3, 0.4) is 0 Å². The van der Waals surface area contributed by atoms with E-state index in [1.807, 2.05) is 29.2 Å². The first-order valence-electron chi connectivity index (χ1n) is 10.2. The Bertz CT molecular complexity index is 776. The highest BCUT2D eigenvalue weighted by Crippen LogP contribution is 2.33. The number of benzene rings is 1. The lowest BCUT2D eigenvalue weighted by atomic mass is 9.89. The summed E-state index contributed by atoms with van der Waals surface area (Å²) in [4.78, 5) is 26.1. The zero-order chi connectivity index (χ0) is 23.9. The lowest BCUT2D eigenvalue weighted by Crippen LogP contribution is -2.54. The SMILES string of the molecule is CCN1C[C@@H]2[C@@H](OC)CCN(C(=O)COc3ccccc3OC)[C@@H]2C1.O=C(O)C(F)(F)F. The fourth-order valence-corrected chi connectivity index (χ4v) is 4.06. The molecule has 0 radical (unpaired) electrons. The summed E-state index contributed by atoms with van der Waals surface area (Å²) in [6, 6.07) is 7.62. The van der Waals surface area contributed by atoms with E-state index in [4.69, 9.17) is 24.1 Å². The number of ether oxygens (including phenoxy) is 3. The summed E-state index contributed by atoms with van der Waals surface area (Å²) in [6.45, 7) is 5.84. The number of carbonyl (C=O) groups is 2. The predicted molar refractivity (Wildman–Crippen MR) is 109 cm³/mol. The Morgan fingerprint density at radius 3 is 2.31 bits per heavy atom. The van der Waals surface area contributed by atoms with Crippen LogP contribution in [0.25, 0.3) is 0 Å². The Hall–Kier alpha value is -2.53. The molecule has 2 heterocycles. The molecule has 2 saturated heterocycles. The van der Waals surface area contributed by atoms with E-state index in [0.717, 1.165) is 32.6 Å². The van der Waals surface area contributed by atoms with Crippen molar-refractivity contribution in [3.05, 3.63) is 24.3 Å². The van der Waals surface area contributed by atoms with Crippen LogP contribution in [0.5, 0.6) is 11.5 Å². The molecule has 0 spiro atoms. The summed E-state index contributed by atoms with van der Waals surface area (Å²) in [5.74, 6) is -1.09. The quantitative estimate of drug-likeness (QED) is 0.694. The van der Waals surface area contributed by atoms with Crippen LogP contribution in [-0.2, 0) is 14.3 Å². The Morgan fingerprint density at radius 1 is 1.16 bits per heavy atom. The van der Waals surface area contributed by atoms with Crippen LogP contribution in [0, 0.1) is 5.92 Å². The first-order chi connectivity index (χ1) is 15.1. The van der Waals surface area contributed by atoms with Gasteiger partial charge in [-0.3, -0.25) is 4.79 Å². The third-order valence-electron chi connectivity index (χ3n) is 5.67. The van der Waals surface area contributed by atoms with Gasteiger partial charge in [0.25, 0.3) is 5.91 Å². The summed E-state index contributed by atoms with van der Waals surface area (Å²) >= 11 is 0. The van der Waals surface area contributed by atoms with Gasteiger partial charge >= 0.3 is 12.1 Å². The molecule has 0 bridgehead atoms. The molecule has 1 N–H and O–H groups in total. The monoisotopic (exact) mass is 462 g/mol. The number of amides is 1. The minimum Gasteiger partial charge on any atom is -0.493 e. The van der Waals surface area contributed by atoms with Crippen molar-refractivity contribution in [3.8, 4) is 11.5 Å². The lowest BCUT2D eigenvalue weighted by Gasteiger charge is -2.41. The standard InChI is InChI=1S/C19H28N2O4.C2HF3O2/c1-4-20-11-14-15(12-20)21(10-9-16(14)23-2)19(22)13-25-18-8-6-5-7-17(18)24-3;3-2(4,5)1(6)7/h5-8,14-16H,4,9-13H2,1-3H3;(H,6,7)/t14-,15+,16-;/m0./s1. The van der Waals surface area contributed by atoms with E-state index in [1.54, 1.807) is 14.2 Å². The van der Waals surface area contributed by atoms with Crippen LogP contribution in [-0.4, -0.2) is 92.1 Å². The second-order valence-corrected chi connectivity index (χ2v) is 7.48. The van der Waals surface area contributed by atoms with Crippen LogP contribution >= 0.6 is 0 Å². The summed E-state index contributed by atoms with van der Waals surface area (Å²) in [6.07, 6.45) is -3.96. The number of aliphatic carboxylic acids is 1. The molecule has 2 fully saturated rings. The van der Waals surface area contributed by atoms with Gasteiger partial charge in [-0.25, -0.2) is 4.79 Å². The molecule has 0 unspecified atom stereocenters. The van der Waals surface area contributed by atoms with E-state index in [-0.39, 0.29) is 24.7 Å². The zero-order valence-electron chi connectivity index (χ0n) is 18.3. The molecule has 1 aromatic rings. The lowest BCUT2D eigenvalue weighted by molar-refractivity contribution is -0.192. The average molecular weight is 462 g/mol. The second kappa shape index (κ2) is 11.4. The number of nitrogens with zero attached hydrogens (tertiary/aromatic N) is 2. The van der Waals surface area contributed by atoms with Gasteiger partial charge in [-0.05, 0) is 25.1 Å². The number of rotatable bonds is 6. The van der Waals surface area contributed by atoms with Crippen molar-refractivity contribution >= 4 is 11.9 Å². The van der Waals surface area contributed by atoms with Gasteiger partial charge in [-0.1, -0.05) is 19.1 Å². The highest BCUT2D eigenvalue weighted by atomic mass is 19.4. The number of para-hydroxylation sites is 2. The van der Waals surface area contributed by atoms with Gasteiger partial charge in [0.15, 0.2) is 18.1 Å². The molecule has 3 atom stereocenters. The van der Waals surface area contributed by atoms with Gasteiger partial charge in [0.2, 0.25) is 0 Å². The normalized spacial score (nSPS) is 23.1. The Kier molecular flexibility index (Phi) is 9.14. The van der Waals surface area contributed by atoms with Crippen LogP contribution in [0.15, 0.2) is 24.3 Å². The third-order valence-corrected chi connectivity index (χ3v) is 5.67. The fourth-order valence-electron chi connectivity index (χ4n) is 4.06. The van der Waals surface area contributed by atoms with Gasteiger partial charge in [-0.15, -0.1) is 0 Å². The average Bonchev–Trinajstić information content (AvgIpc) is 3.21. The molecule has 1 amide bonds. The molecular weight excluding hydrogens is 433 g/mol. The van der Waals surface area contributed by atoms with E-state index >= 15 is 0 Å². The van der Waals surface area contributed by atoms with Crippen molar-refractivity contribution in [2.24, 2.45) is 5.92 Å². The molecule has 0 aromatic heterocycles. The van der Waals surface area contributed by atoms with Crippen molar-refractivity contribution in [3.63, 3.8) is 0 Å². The Labute approximate surface area is 184 Å². The molecular formula is C21H29F3N2O6. The summed E-state index contributed by atoms with van der Waals surface area (Å²) in [5.41, 5.74) is 0. The number of halogens is 3. The van der Waals surface area contributed by atoms with Crippen LogP contribution in [0.2, 0.25) is 0 Å². The Balaban J connectivity index is 0.000000451. The first-order valence-corrected chi connectivity index (χ1v) is 10.2. The molecule has 1 aromatic carbocycles. The largest absolute Gasteiger partial charge is 0.493 e. The van der Waals surface area contributed by atoms with Gasteiger partial charge in [0.1, 0.15) is 0 Å². The van der Waals surface area contributed by atoms with Gasteiger partial charge in [0.05, 0.1) is 19.3 Å². The highest BCUT2D eigenvalue weighted by molar-refractivity contribution is 5.78. The number of methoxy groups -OCH3 is 2. The van der Waals surface area contributed by atoms with Crippen LogP contribution in [0.4, 0.5) is 13.2 Å². The highest BCUT2D eigenvalue weighted by Gasteiger charge is 2.45. The number of fused-ring (bicyclic) bond motifs is 1. The summed E-state index contributed by atoms with van der Waals surface area (Å²) < 4.78 is 48.4. The van der Waals surface area contributed by atoms with E-state index < -0.39 is 12.1 Å². The minimum atomic E-state index is -5.08. The molecule has 32 heavy (non-hydrogen) atoms. The number of alkyl halides is 3. The molecule has 3 rings (SSSR count). The molecule has 8 nitrogen and oxygen atoms in total. The number of carboxylic acids is 1. The van der Waals surface area contributed by atoms with E-state index in [2.05, 4.69) is 11.8 Å². The zero-order valence-corrected chi connectivity index (χ0v) is 18.3. The maximum Gasteiger partial charge on any atom is 0.490 e. The van der Waals surface area contributed by atoms with Crippen molar-refractivity contribution in [1.29, 1.82) is 0 Å². The van der Waals surface area contributed by atoms with Gasteiger partial charge < -0.3 is 29.1 Å². The molecule has 0 aliphatic carbocycles. The van der Waals surface area contributed by atoms with E-state index in [9.17, 15) is 18.0 Å². The Morgan fingerprint density at radius 2 is 1.78 bits per heavy atom. The predicted octanol–water partition coefficient (Wildman–Crippen LogP) is 2.27. The number of carbonyl (C=O) groups excluding carboxylic acids is 1. The van der Waals surface area contributed by atoms with Crippen molar-refractivity contribution in [1.82, 2.24) is 9.80 Å². The smallest absolute Gasteiger partial charge is 0.490 e. The number of hydrogen-bond donors (Lipinski definition) is 1. The van der Waals surface area contributed by atoms with Crippen molar-refractivity contribution in [2.45, 2.75) is 31.7 Å². The number of piperidine rings is 1. The maximum absolute atomic E-state index is 12.8. The minimum absolute atomic E-state index is 0.0351. The molecule has 2 aliphatic heterocycles. The van der Waals surface area contributed by atoms with Crippen molar-refractivity contribution < 1.29 is 42.1 Å². The summed E-state index contributed by atoms with van der Waals surface area (Å²) in [5, 5.41) is 7.12. The number of carboxylic acid groups (broad SMARTS) is 1. The van der Waals surface area contributed by atoms with E-state index in [0.29, 0.717) is 17.4 Å². The number of likely N-dealkylation sites (N-methyl/N-ethyl adjacent to an activating group) is 1. The van der Waals surface area contributed by atoms with Gasteiger partial charge in [0, 0.05) is 32.7 Å².